The molecule has 1 heterocycles. The van der Waals surface area contributed by atoms with Crippen molar-refractivity contribution in [3.05, 3.63) is 38.8 Å². The van der Waals surface area contributed by atoms with Crippen molar-refractivity contribution in [3.63, 3.8) is 0 Å². The van der Waals surface area contributed by atoms with E-state index in [4.69, 9.17) is 28.2 Å². The highest BCUT2D eigenvalue weighted by Crippen LogP contribution is 2.41. The van der Waals surface area contributed by atoms with Crippen LogP contribution in [0, 0.1) is 0 Å². The Morgan fingerprint density at radius 1 is 1.32 bits per heavy atom. The number of halogens is 2. The van der Waals surface area contributed by atoms with Crippen LogP contribution >= 0.6 is 34.5 Å². The van der Waals surface area contributed by atoms with Crippen LogP contribution in [-0.2, 0) is 6.42 Å². The fraction of sp³-hybridized carbons (Fsp3) is 0.357. The van der Waals surface area contributed by atoms with Gasteiger partial charge in [0.15, 0.2) is 0 Å². The molecule has 1 aliphatic carbocycles. The first-order chi connectivity index (χ1) is 9.20. The fourth-order valence-corrected chi connectivity index (χ4v) is 4.44. The highest BCUT2D eigenvalue weighted by Gasteiger charge is 2.25. The number of fused-ring (bicyclic) bond motifs is 1. The summed E-state index contributed by atoms with van der Waals surface area (Å²) in [5.74, 6) is 0. The molecule has 0 fully saturated rings. The second-order valence-electron chi connectivity index (χ2n) is 4.66. The zero-order valence-electron chi connectivity index (χ0n) is 10.5. The number of thiazole rings is 1. The van der Waals surface area contributed by atoms with Crippen LogP contribution in [0.3, 0.4) is 0 Å². The van der Waals surface area contributed by atoms with Crippen molar-refractivity contribution in [2.24, 2.45) is 0 Å². The van der Waals surface area contributed by atoms with E-state index in [-0.39, 0.29) is 0 Å². The summed E-state index contributed by atoms with van der Waals surface area (Å²) in [5.41, 5.74) is 2.03. The molecule has 1 aromatic heterocycles. The van der Waals surface area contributed by atoms with Gasteiger partial charge in [-0.3, -0.25) is 0 Å². The monoisotopic (exact) mass is 312 g/mol. The number of aromatic nitrogens is 1. The minimum absolute atomic E-state index is 0.356. The molecular weight excluding hydrogens is 299 g/mol. The molecule has 0 spiro atoms. The molecule has 100 valence electrons. The summed E-state index contributed by atoms with van der Waals surface area (Å²) in [4.78, 5) is 6.14. The standard InChI is InChI=1S/C14H14Cl2N2S/c1-17-10-6-3-7-11-13(10)18-14(19-11)12-8(15)4-2-5-9(12)16/h2,4-5,10,17H,3,6-7H2,1H3. The van der Waals surface area contributed by atoms with Gasteiger partial charge in [0, 0.05) is 10.4 Å². The van der Waals surface area contributed by atoms with Gasteiger partial charge < -0.3 is 5.32 Å². The van der Waals surface area contributed by atoms with Crippen molar-refractivity contribution in [1.29, 1.82) is 0 Å². The third-order valence-electron chi connectivity index (χ3n) is 3.48. The normalized spacial score (nSPS) is 18.4. The summed E-state index contributed by atoms with van der Waals surface area (Å²) in [5, 5.41) is 5.60. The first kappa shape index (κ1) is 13.4. The van der Waals surface area contributed by atoms with E-state index in [1.165, 1.54) is 17.0 Å². The summed E-state index contributed by atoms with van der Waals surface area (Å²) in [6, 6.07) is 5.94. The Hall–Kier alpha value is -0.610. The number of benzene rings is 1. The summed E-state index contributed by atoms with van der Waals surface area (Å²) in [6.45, 7) is 0. The number of nitrogens with one attached hydrogen (secondary N) is 1. The quantitative estimate of drug-likeness (QED) is 0.868. The van der Waals surface area contributed by atoms with Crippen molar-refractivity contribution in [2.75, 3.05) is 7.05 Å². The maximum Gasteiger partial charge on any atom is 0.126 e. The van der Waals surface area contributed by atoms with E-state index in [0.717, 1.165) is 23.4 Å². The maximum absolute atomic E-state index is 6.26. The minimum Gasteiger partial charge on any atom is -0.312 e. The molecule has 0 bridgehead atoms. The number of aryl methyl sites for hydroxylation is 1. The van der Waals surface area contributed by atoms with Crippen LogP contribution in [0.1, 0.15) is 29.5 Å². The van der Waals surface area contributed by atoms with Crippen LogP contribution in [0.5, 0.6) is 0 Å². The highest BCUT2D eigenvalue weighted by atomic mass is 35.5. The van der Waals surface area contributed by atoms with Crippen LogP contribution in [0.2, 0.25) is 10.0 Å². The van der Waals surface area contributed by atoms with Crippen LogP contribution in [0.4, 0.5) is 0 Å². The van der Waals surface area contributed by atoms with Gasteiger partial charge in [-0.15, -0.1) is 11.3 Å². The largest absolute Gasteiger partial charge is 0.312 e. The molecule has 0 radical (unpaired) electrons. The zero-order valence-corrected chi connectivity index (χ0v) is 12.9. The molecule has 0 aliphatic heterocycles. The Morgan fingerprint density at radius 3 is 2.74 bits per heavy atom. The maximum atomic E-state index is 6.26. The van der Waals surface area contributed by atoms with Crippen LogP contribution in [-0.4, -0.2) is 12.0 Å². The van der Waals surface area contributed by atoms with Gasteiger partial charge in [0.25, 0.3) is 0 Å². The fourth-order valence-electron chi connectivity index (χ4n) is 2.51. The van der Waals surface area contributed by atoms with E-state index in [2.05, 4.69) is 5.32 Å². The second kappa shape index (κ2) is 5.41. The van der Waals surface area contributed by atoms with Crippen molar-refractivity contribution >= 4 is 34.5 Å². The average molecular weight is 313 g/mol. The molecule has 0 amide bonds. The molecule has 19 heavy (non-hydrogen) atoms. The Balaban J connectivity index is 2.10. The molecule has 1 aromatic carbocycles. The van der Waals surface area contributed by atoms with E-state index in [0.29, 0.717) is 16.1 Å². The third kappa shape index (κ3) is 2.40. The molecule has 3 rings (SSSR count). The SMILES string of the molecule is CNC1CCCc2sc(-c3c(Cl)cccc3Cl)nc21. The third-order valence-corrected chi connectivity index (χ3v) is 5.26. The molecule has 1 unspecified atom stereocenters. The van der Waals surface area contributed by atoms with Crippen LogP contribution in [0.15, 0.2) is 18.2 Å². The topological polar surface area (TPSA) is 24.9 Å². The molecule has 2 nitrogen and oxygen atoms in total. The van der Waals surface area contributed by atoms with Crippen molar-refractivity contribution in [2.45, 2.75) is 25.3 Å². The predicted molar refractivity (Wildman–Crippen MR) is 82.3 cm³/mol. The Labute approximate surface area is 126 Å². The molecule has 1 aliphatic rings. The van der Waals surface area contributed by atoms with Gasteiger partial charge in [-0.1, -0.05) is 29.3 Å². The van der Waals surface area contributed by atoms with Crippen LogP contribution in [0.25, 0.3) is 10.6 Å². The lowest BCUT2D eigenvalue weighted by atomic mass is 9.98. The van der Waals surface area contributed by atoms with Gasteiger partial charge in [-0.2, -0.15) is 0 Å². The van der Waals surface area contributed by atoms with E-state index in [9.17, 15) is 0 Å². The summed E-state index contributed by atoms with van der Waals surface area (Å²) >= 11 is 14.2. The Bertz CT molecular complexity index is 589. The molecule has 0 saturated carbocycles. The molecular formula is C14H14Cl2N2S. The molecule has 0 saturated heterocycles. The first-order valence-corrected chi connectivity index (χ1v) is 7.89. The van der Waals surface area contributed by atoms with E-state index in [1.807, 2.05) is 25.2 Å². The highest BCUT2D eigenvalue weighted by molar-refractivity contribution is 7.15. The summed E-state index contributed by atoms with van der Waals surface area (Å²) in [7, 11) is 1.99. The number of rotatable bonds is 2. The lowest BCUT2D eigenvalue weighted by Gasteiger charge is -2.19. The molecule has 1 N–H and O–H groups in total. The molecule has 2 aromatic rings. The molecule has 1 atom stereocenters. The smallest absolute Gasteiger partial charge is 0.126 e. The van der Waals surface area contributed by atoms with Crippen molar-refractivity contribution in [3.8, 4) is 10.6 Å². The van der Waals surface area contributed by atoms with Gasteiger partial charge in [0.05, 0.1) is 21.8 Å². The van der Waals surface area contributed by atoms with Crippen molar-refractivity contribution < 1.29 is 0 Å². The van der Waals surface area contributed by atoms with E-state index < -0.39 is 0 Å². The second-order valence-corrected chi connectivity index (χ2v) is 6.56. The van der Waals surface area contributed by atoms with Gasteiger partial charge in [0.1, 0.15) is 5.01 Å². The van der Waals surface area contributed by atoms with Gasteiger partial charge in [0.2, 0.25) is 0 Å². The van der Waals surface area contributed by atoms with Gasteiger partial charge in [-0.05, 0) is 38.4 Å². The lowest BCUT2D eigenvalue weighted by molar-refractivity contribution is 0.490. The Kier molecular flexibility index (Phi) is 3.81. The molecule has 5 heteroatoms. The van der Waals surface area contributed by atoms with Gasteiger partial charge in [-0.25, -0.2) is 4.98 Å². The zero-order chi connectivity index (χ0) is 13.4. The van der Waals surface area contributed by atoms with E-state index >= 15 is 0 Å². The number of hydrogen-bond donors (Lipinski definition) is 1. The number of hydrogen-bond acceptors (Lipinski definition) is 3. The Morgan fingerprint density at radius 2 is 2.05 bits per heavy atom. The average Bonchev–Trinajstić information content (AvgIpc) is 2.81. The van der Waals surface area contributed by atoms with Gasteiger partial charge >= 0.3 is 0 Å². The number of nitrogens with zero attached hydrogens (tertiary/aromatic N) is 1. The van der Waals surface area contributed by atoms with Crippen molar-refractivity contribution in [1.82, 2.24) is 10.3 Å². The van der Waals surface area contributed by atoms with E-state index in [1.54, 1.807) is 11.3 Å². The van der Waals surface area contributed by atoms with Crippen LogP contribution < -0.4 is 5.32 Å². The summed E-state index contributed by atoms with van der Waals surface area (Å²) < 4.78 is 0. The predicted octanol–water partition coefficient (Wildman–Crippen LogP) is 4.71. The lowest BCUT2D eigenvalue weighted by Crippen LogP contribution is -2.21. The first-order valence-electron chi connectivity index (χ1n) is 6.32. The summed E-state index contributed by atoms with van der Waals surface area (Å²) in [6.07, 6.45) is 3.45. The minimum atomic E-state index is 0.356.